The topological polar surface area (TPSA) is 52.6 Å². The van der Waals surface area contributed by atoms with Crippen molar-refractivity contribution in [1.29, 1.82) is 0 Å². The molecule has 7 heteroatoms. The van der Waals surface area contributed by atoms with Crippen LogP contribution in [0, 0.1) is 0 Å². The number of rotatable bonds is 4. The molecule has 0 spiro atoms. The largest absolute Gasteiger partial charge is 0.542 e. The van der Waals surface area contributed by atoms with Gasteiger partial charge in [-0.15, -0.1) is 3.89 Å². The lowest BCUT2D eigenvalue weighted by molar-refractivity contribution is 0.391. The van der Waals surface area contributed by atoms with E-state index in [9.17, 15) is 12.3 Å². The van der Waals surface area contributed by atoms with Crippen LogP contribution < -0.4 is 9.16 Å². The van der Waals surface area contributed by atoms with E-state index in [-0.39, 0.29) is 5.75 Å². The molecule has 0 bridgehead atoms. The molecule has 0 saturated heterocycles. The van der Waals surface area contributed by atoms with Gasteiger partial charge in [-0.3, -0.25) is 0 Å². The molecule has 0 atom stereocenters. The van der Waals surface area contributed by atoms with Gasteiger partial charge < -0.3 is 9.16 Å². The maximum absolute atomic E-state index is 12.9. The summed E-state index contributed by atoms with van der Waals surface area (Å²) in [7, 11) is -5.21. The molecule has 0 radical (unpaired) electrons. The molecule has 0 unspecified atom stereocenters. The Hall–Kier alpha value is -1.08. The van der Waals surface area contributed by atoms with Crippen molar-refractivity contribution in [3.05, 3.63) is 18.2 Å². The van der Waals surface area contributed by atoms with Crippen molar-refractivity contribution in [1.82, 2.24) is 0 Å². The van der Waals surface area contributed by atoms with Crippen molar-refractivity contribution in [3.63, 3.8) is 0 Å². The van der Waals surface area contributed by atoms with E-state index >= 15 is 0 Å². The maximum atomic E-state index is 12.9. The fourth-order valence-corrected chi connectivity index (χ4v) is 2.52. The lowest BCUT2D eigenvalue weighted by Gasteiger charge is -2.21. The zero-order valence-electron chi connectivity index (χ0n) is 10.2. The predicted octanol–water partition coefficient (Wildman–Crippen LogP) is 2.57. The van der Waals surface area contributed by atoms with Crippen LogP contribution in [0.3, 0.4) is 0 Å². The molecule has 1 aromatic rings. The van der Waals surface area contributed by atoms with E-state index in [1.54, 1.807) is 0 Å². The molecule has 96 valence electrons. The number of hydrogen-bond donors (Lipinski definition) is 0. The smallest absolute Gasteiger partial charge is 0.332 e. The molecular formula is C10H15FO4SSi. The van der Waals surface area contributed by atoms with Crippen LogP contribution in [0.1, 0.15) is 0 Å². The van der Waals surface area contributed by atoms with Crippen molar-refractivity contribution in [2.45, 2.75) is 24.5 Å². The second kappa shape index (κ2) is 4.65. The van der Waals surface area contributed by atoms with Gasteiger partial charge in [-0.2, -0.15) is 8.42 Å². The Bertz CT molecular complexity index is 508. The van der Waals surface area contributed by atoms with Crippen LogP contribution >= 0.6 is 0 Å². The first kappa shape index (κ1) is 14.0. The van der Waals surface area contributed by atoms with Crippen LogP contribution in [0.4, 0.5) is 3.89 Å². The van der Waals surface area contributed by atoms with Gasteiger partial charge in [0.15, 0.2) is 5.75 Å². The molecule has 0 amide bonds. The van der Waals surface area contributed by atoms with Crippen molar-refractivity contribution in [3.8, 4) is 11.5 Å². The molecule has 1 aromatic carbocycles. The van der Waals surface area contributed by atoms with Crippen molar-refractivity contribution in [2.24, 2.45) is 0 Å². The summed E-state index contributed by atoms with van der Waals surface area (Å²) in [6.45, 7) is 5.80. The second-order valence-electron chi connectivity index (χ2n) is 4.46. The molecule has 0 aliphatic rings. The monoisotopic (exact) mass is 278 g/mol. The number of ether oxygens (including phenoxy) is 1. The van der Waals surface area contributed by atoms with E-state index in [1.165, 1.54) is 13.2 Å². The average Bonchev–Trinajstić information content (AvgIpc) is 2.13. The molecule has 4 nitrogen and oxygen atoms in total. The third kappa shape index (κ3) is 4.01. The first-order valence-corrected chi connectivity index (χ1v) is 9.74. The number of methoxy groups -OCH3 is 1. The quantitative estimate of drug-likeness (QED) is 0.627. The number of hydrogen-bond acceptors (Lipinski definition) is 4. The zero-order valence-corrected chi connectivity index (χ0v) is 12.0. The molecule has 1 rings (SSSR count). The highest BCUT2D eigenvalue weighted by Crippen LogP contribution is 2.32. The summed E-state index contributed by atoms with van der Waals surface area (Å²) in [5.41, 5.74) is 0. The Morgan fingerprint density at radius 2 is 1.76 bits per heavy atom. The second-order valence-corrected chi connectivity index (χ2v) is 10.2. The van der Waals surface area contributed by atoms with Gasteiger partial charge in [0.25, 0.3) is 0 Å². The summed E-state index contributed by atoms with van der Waals surface area (Å²) < 4.78 is 45.1. The standard InChI is InChI=1S/C10H15FO4SSi/c1-14-9-6-5-8(16(11,12)13)7-10(9)15-17(2,3)4/h5-7H,1-4H3. The minimum Gasteiger partial charge on any atom is -0.542 e. The van der Waals surface area contributed by atoms with Gasteiger partial charge in [-0.1, -0.05) is 0 Å². The Labute approximate surface area is 102 Å². The molecular weight excluding hydrogens is 263 g/mol. The van der Waals surface area contributed by atoms with Crippen LogP contribution in [-0.2, 0) is 10.2 Å². The highest BCUT2D eigenvalue weighted by Gasteiger charge is 2.21. The van der Waals surface area contributed by atoms with E-state index in [0.29, 0.717) is 5.75 Å². The SMILES string of the molecule is COc1ccc(S(=O)(=O)F)cc1O[Si](C)(C)C. The Kier molecular flexibility index (Phi) is 3.83. The van der Waals surface area contributed by atoms with E-state index in [0.717, 1.165) is 12.1 Å². The van der Waals surface area contributed by atoms with Crippen molar-refractivity contribution >= 4 is 18.5 Å². The number of benzene rings is 1. The van der Waals surface area contributed by atoms with Crippen LogP contribution in [0.2, 0.25) is 19.6 Å². The highest BCUT2D eigenvalue weighted by molar-refractivity contribution is 7.86. The summed E-state index contributed by atoms with van der Waals surface area (Å²) in [5.74, 6) is 0.644. The molecule has 0 saturated carbocycles. The zero-order chi connectivity index (χ0) is 13.3. The minimum absolute atomic E-state index is 0.255. The van der Waals surface area contributed by atoms with E-state index in [4.69, 9.17) is 9.16 Å². The molecule has 0 heterocycles. The van der Waals surface area contributed by atoms with Crippen LogP contribution in [0.15, 0.2) is 23.1 Å². The molecule has 0 aliphatic heterocycles. The molecule has 0 aromatic heterocycles. The van der Waals surface area contributed by atoms with Gasteiger partial charge in [0.2, 0.25) is 8.32 Å². The summed E-state index contributed by atoms with van der Waals surface area (Å²) in [4.78, 5) is -0.424. The van der Waals surface area contributed by atoms with Crippen LogP contribution in [0.25, 0.3) is 0 Å². The summed E-state index contributed by atoms with van der Waals surface area (Å²) in [6.07, 6.45) is 0. The van der Waals surface area contributed by atoms with E-state index < -0.39 is 23.4 Å². The first-order chi connectivity index (χ1) is 7.63. The normalized spacial score (nSPS) is 12.3. The lowest BCUT2D eigenvalue weighted by atomic mass is 10.3. The minimum atomic E-state index is -4.73. The van der Waals surface area contributed by atoms with Gasteiger partial charge in [0, 0.05) is 6.07 Å². The predicted molar refractivity (Wildman–Crippen MR) is 65.3 cm³/mol. The van der Waals surface area contributed by atoms with Gasteiger partial charge in [-0.25, -0.2) is 0 Å². The summed E-state index contributed by atoms with van der Waals surface area (Å²) >= 11 is 0. The van der Waals surface area contributed by atoms with Crippen molar-refractivity contribution < 1.29 is 21.5 Å². The van der Waals surface area contributed by atoms with Gasteiger partial charge in [-0.05, 0) is 31.8 Å². The highest BCUT2D eigenvalue weighted by atomic mass is 32.3. The lowest BCUT2D eigenvalue weighted by Crippen LogP contribution is -2.29. The third-order valence-electron chi connectivity index (χ3n) is 1.83. The Morgan fingerprint density at radius 3 is 2.18 bits per heavy atom. The molecule has 17 heavy (non-hydrogen) atoms. The molecule has 0 aliphatic carbocycles. The van der Waals surface area contributed by atoms with Gasteiger partial charge >= 0.3 is 10.2 Å². The van der Waals surface area contributed by atoms with Crippen LogP contribution in [-0.4, -0.2) is 23.8 Å². The summed E-state index contributed by atoms with van der Waals surface area (Å²) in [5, 5.41) is 0. The van der Waals surface area contributed by atoms with Gasteiger partial charge in [0.1, 0.15) is 10.6 Å². The van der Waals surface area contributed by atoms with Gasteiger partial charge in [0.05, 0.1) is 7.11 Å². The van der Waals surface area contributed by atoms with E-state index in [2.05, 4.69) is 0 Å². The third-order valence-corrected chi connectivity index (χ3v) is 3.48. The van der Waals surface area contributed by atoms with Crippen LogP contribution in [0.5, 0.6) is 11.5 Å². The Balaban J connectivity index is 3.25. The Morgan fingerprint density at radius 1 is 1.18 bits per heavy atom. The fraction of sp³-hybridized carbons (Fsp3) is 0.400. The molecule has 0 fully saturated rings. The molecule has 0 N–H and O–H groups in total. The maximum Gasteiger partial charge on any atom is 0.332 e. The fourth-order valence-electron chi connectivity index (χ4n) is 1.22. The first-order valence-electron chi connectivity index (χ1n) is 4.95. The van der Waals surface area contributed by atoms with E-state index in [1.807, 2.05) is 19.6 Å². The average molecular weight is 278 g/mol. The van der Waals surface area contributed by atoms with Crippen molar-refractivity contribution in [2.75, 3.05) is 7.11 Å². The number of halogens is 1. The summed E-state index contributed by atoms with van der Waals surface area (Å²) in [6, 6.07) is 3.67.